The van der Waals surface area contributed by atoms with Gasteiger partial charge >= 0.3 is 12.2 Å². The van der Waals surface area contributed by atoms with E-state index in [1.54, 1.807) is 59.7 Å². The summed E-state index contributed by atoms with van der Waals surface area (Å²) < 4.78 is 60.3. The summed E-state index contributed by atoms with van der Waals surface area (Å²) in [5, 5.41) is 0. The molecule has 2 amide bonds. The molecule has 0 aliphatic rings. The van der Waals surface area contributed by atoms with Crippen molar-refractivity contribution >= 4 is 22.2 Å². The van der Waals surface area contributed by atoms with E-state index in [0.29, 0.717) is 11.1 Å². The lowest BCUT2D eigenvalue weighted by molar-refractivity contribution is 0.0183. The number of amides is 2. The highest BCUT2D eigenvalue weighted by atomic mass is 32.2. The van der Waals surface area contributed by atoms with E-state index < -0.39 is 39.2 Å². The van der Waals surface area contributed by atoms with E-state index in [-0.39, 0.29) is 42.4 Å². The molecular formula is C32H42FN3O7S. The highest BCUT2D eigenvalue weighted by Gasteiger charge is 2.27. The van der Waals surface area contributed by atoms with E-state index in [4.69, 9.17) is 14.2 Å². The summed E-state index contributed by atoms with van der Waals surface area (Å²) in [4.78, 5) is 28.1. The molecule has 240 valence electrons. The maximum Gasteiger partial charge on any atom is 0.410 e. The first-order valence-corrected chi connectivity index (χ1v) is 15.6. The van der Waals surface area contributed by atoms with Crippen LogP contribution in [-0.4, -0.2) is 72.9 Å². The summed E-state index contributed by atoms with van der Waals surface area (Å²) in [6.45, 7) is 11.1. The molecule has 0 N–H and O–H groups in total. The number of hydrogen-bond acceptors (Lipinski definition) is 7. The first-order chi connectivity index (χ1) is 20.4. The fraction of sp³-hybridized carbons (Fsp3) is 0.438. The summed E-state index contributed by atoms with van der Waals surface area (Å²) in [5.41, 5.74) is -0.275. The second-order valence-electron chi connectivity index (χ2n) is 12.4. The summed E-state index contributed by atoms with van der Waals surface area (Å²) in [5.74, 6) is -0.603. The standard InChI is InChI=1S/C32H42FN3O7S/c1-31(2,3)42-29(37)34(7)20-24-19-28(26-14-9-10-15-27(26)33)36(22-24)44(39,40)25-13-11-12-23(18-25)21-35(16-17-41-8)30(38)43-32(4,5)6/h9-15,18-19,22H,16-17,20-21H2,1-8H3. The Balaban J connectivity index is 2.02. The van der Waals surface area contributed by atoms with Crippen molar-refractivity contribution in [1.82, 2.24) is 13.8 Å². The minimum atomic E-state index is -4.27. The number of rotatable bonds is 10. The predicted octanol–water partition coefficient (Wildman–Crippen LogP) is 6.28. The van der Waals surface area contributed by atoms with Crippen LogP contribution in [0.25, 0.3) is 11.3 Å². The van der Waals surface area contributed by atoms with E-state index in [1.807, 2.05) is 0 Å². The molecular weight excluding hydrogens is 589 g/mol. The first kappa shape index (κ1) is 34.6. The molecule has 0 bridgehead atoms. The highest BCUT2D eigenvalue weighted by molar-refractivity contribution is 7.90. The van der Waals surface area contributed by atoms with Crippen LogP contribution in [0.3, 0.4) is 0 Å². The molecule has 10 nitrogen and oxygen atoms in total. The topological polar surface area (TPSA) is 107 Å². The molecule has 0 saturated carbocycles. The van der Waals surface area contributed by atoms with Gasteiger partial charge in [0.05, 0.1) is 23.7 Å². The van der Waals surface area contributed by atoms with Crippen LogP contribution in [0.15, 0.2) is 65.7 Å². The van der Waals surface area contributed by atoms with Crippen molar-refractivity contribution in [1.29, 1.82) is 0 Å². The first-order valence-electron chi connectivity index (χ1n) is 14.1. The largest absolute Gasteiger partial charge is 0.444 e. The van der Waals surface area contributed by atoms with E-state index in [9.17, 15) is 22.4 Å². The van der Waals surface area contributed by atoms with Gasteiger partial charge in [-0.2, -0.15) is 0 Å². The molecule has 2 aromatic carbocycles. The second-order valence-corrected chi connectivity index (χ2v) is 14.2. The molecule has 1 aromatic heterocycles. The second kappa shape index (κ2) is 13.8. The summed E-state index contributed by atoms with van der Waals surface area (Å²) in [7, 11) is -1.21. The van der Waals surface area contributed by atoms with Crippen molar-refractivity contribution in [2.24, 2.45) is 0 Å². The number of carbonyl (C=O) groups is 2. The number of aromatic nitrogens is 1. The Morgan fingerprint density at radius 3 is 2.11 bits per heavy atom. The molecule has 0 fully saturated rings. The molecule has 3 aromatic rings. The minimum absolute atomic E-state index is 0.0171. The Kier molecular flexibility index (Phi) is 10.9. The highest BCUT2D eigenvalue weighted by Crippen LogP contribution is 2.30. The van der Waals surface area contributed by atoms with Crippen molar-refractivity contribution in [3.63, 3.8) is 0 Å². The molecule has 0 aliphatic heterocycles. The van der Waals surface area contributed by atoms with Crippen LogP contribution in [0, 0.1) is 5.82 Å². The third kappa shape index (κ3) is 9.30. The number of halogens is 1. The van der Waals surface area contributed by atoms with Crippen molar-refractivity contribution < 1.29 is 36.6 Å². The van der Waals surface area contributed by atoms with Crippen LogP contribution in [0.2, 0.25) is 0 Å². The van der Waals surface area contributed by atoms with Crippen LogP contribution >= 0.6 is 0 Å². The Labute approximate surface area is 259 Å². The van der Waals surface area contributed by atoms with Gasteiger partial charge in [0.15, 0.2) is 0 Å². The number of ether oxygens (including phenoxy) is 3. The zero-order chi connectivity index (χ0) is 32.9. The van der Waals surface area contributed by atoms with Crippen molar-refractivity contribution in [2.45, 2.75) is 70.7 Å². The summed E-state index contributed by atoms with van der Waals surface area (Å²) in [6.07, 6.45) is 0.223. The smallest absolute Gasteiger partial charge is 0.410 e. The SMILES string of the molecule is COCCN(Cc1cccc(S(=O)(=O)n2cc(CN(C)C(=O)OC(C)(C)C)cc2-c2ccccc2F)c1)C(=O)OC(C)(C)C. The maximum absolute atomic E-state index is 15.0. The molecule has 0 atom stereocenters. The third-order valence-corrected chi connectivity index (χ3v) is 7.83. The normalized spacial score (nSPS) is 12.1. The molecule has 0 spiro atoms. The molecule has 1 heterocycles. The average Bonchev–Trinajstić information content (AvgIpc) is 3.33. The monoisotopic (exact) mass is 631 g/mol. The Morgan fingerprint density at radius 2 is 1.50 bits per heavy atom. The fourth-order valence-corrected chi connectivity index (χ4v) is 5.69. The maximum atomic E-state index is 15.0. The van der Waals surface area contributed by atoms with Gasteiger partial charge in [-0.15, -0.1) is 0 Å². The van der Waals surface area contributed by atoms with E-state index in [0.717, 1.165) is 3.97 Å². The Bertz CT molecular complexity index is 1570. The lowest BCUT2D eigenvalue weighted by atomic mass is 10.1. The van der Waals surface area contributed by atoms with Gasteiger partial charge in [-0.05, 0) is 83.0 Å². The minimum Gasteiger partial charge on any atom is -0.444 e. The van der Waals surface area contributed by atoms with Crippen LogP contribution < -0.4 is 0 Å². The van der Waals surface area contributed by atoms with Gasteiger partial charge in [0.2, 0.25) is 0 Å². The number of carbonyl (C=O) groups excluding carboxylic acids is 2. The lowest BCUT2D eigenvalue weighted by Crippen LogP contribution is -2.38. The van der Waals surface area contributed by atoms with Gasteiger partial charge in [0.25, 0.3) is 10.0 Å². The van der Waals surface area contributed by atoms with Gasteiger partial charge in [0, 0.05) is 39.0 Å². The van der Waals surface area contributed by atoms with E-state index in [1.165, 1.54) is 66.6 Å². The number of hydrogen-bond donors (Lipinski definition) is 0. The van der Waals surface area contributed by atoms with Gasteiger partial charge < -0.3 is 24.0 Å². The Hall–Kier alpha value is -3.90. The molecule has 0 unspecified atom stereocenters. The van der Waals surface area contributed by atoms with E-state index in [2.05, 4.69) is 0 Å². The third-order valence-electron chi connectivity index (χ3n) is 6.16. The zero-order valence-corrected chi connectivity index (χ0v) is 27.4. The molecule has 12 heteroatoms. The average molecular weight is 632 g/mol. The van der Waals surface area contributed by atoms with Crippen molar-refractivity contribution in [3.05, 3.63) is 77.7 Å². The molecule has 44 heavy (non-hydrogen) atoms. The van der Waals surface area contributed by atoms with Crippen molar-refractivity contribution in [3.8, 4) is 11.3 Å². The van der Waals surface area contributed by atoms with Gasteiger partial charge in [0.1, 0.15) is 17.0 Å². The fourth-order valence-electron chi connectivity index (χ4n) is 4.23. The molecule has 0 aliphatic carbocycles. The lowest BCUT2D eigenvalue weighted by Gasteiger charge is -2.27. The number of methoxy groups -OCH3 is 1. The van der Waals surface area contributed by atoms with Gasteiger partial charge in [-0.1, -0.05) is 24.3 Å². The Morgan fingerprint density at radius 1 is 0.864 bits per heavy atom. The van der Waals surface area contributed by atoms with Crippen LogP contribution in [0.1, 0.15) is 52.7 Å². The predicted molar refractivity (Wildman–Crippen MR) is 165 cm³/mol. The number of benzene rings is 2. The van der Waals surface area contributed by atoms with Crippen LogP contribution in [0.4, 0.5) is 14.0 Å². The quantitative estimate of drug-likeness (QED) is 0.259. The molecule has 3 rings (SSSR count). The molecule has 0 radical (unpaired) electrons. The van der Waals surface area contributed by atoms with Gasteiger partial charge in [-0.25, -0.2) is 26.4 Å². The summed E-state index contributed by atoms with van der Waals surface area (Å²) in [6, 6.07) is 13.6. The van der Waals surface area contributed by atoms with Gasteiger partial charge in [-0.3, -0.25) is 0 Å². The molecule has 0 saturated heterocycles. The number of nitrogens with zero attached hydrogens (tertiary/aromatic N) is 3. The van der Waals surface area contributed by atoms with Crippen LogP contribution in [-0.2, 0) is 37.3 Å². The van der Waals surface area contributed by atoms with Crippen molar-refractivity contribution in [2.75, 3.05) is 27.3 Å². The zero-order valence-electron chi connectivity index (χ0n) is 26.6. The van der Waals surface area contributed by atoms with Crippen LogP contribution in [0.5, 0.6) is 0 Å². The summed E-state index contributed by atoms with van der Waals surface area (Å²) >= 11 is 0. The van der Waals surface area contributed by atoms with E-state index >= 15 is 0 Å².